The third-order valence-electron chi connectivity index (χ3n) is 2.70. The molecule has 0 aliphatic rings. The number of aliphatic hydroxyl groups excluding tert-OH is 1. The quantitative estimate of drug-likeness (QED) is 0.865. The van der Waals surface area contributed by atoms with Crippen molar-refractivity contribution >= 4 is 0 Å². The maximum absolute atomic E-state index is 8.74. The van der Waals surface area contributed by atoms with Crippen molar-refractivity contribution in [1.82, 2.24) is 0 Å². The molecule has 0 saturated heterocycles. The summed E-state index contributed by atoms with van der Waals surface area (Å²) in [4.78, 5) is 0. The Kier molecular flexibility index (Phi) is 4.78. The van der Waals surface area contributed by atoms with Crippen molar-refractivity contribution in [2.75, 3.05) is 6.61 Å². The Balaban J connectivity index is 2.08. The summed E-state index contributed by atoms with van der Waals surface area (Å²) in [6.07, 6.45) is 0. The molecule has 0 aliphatic heterocycles. The van der Waals surface area contributed by atoms with Crippen molar-refractivity contribution in [3.05, 3.63) is 65.2 Å². The molecule has 20 heavy (non-hydrogen) atoms. The minimum atomic E-state index is -0.162. The van der Waals surface area contributed by atoms with Crippen molar-refractivity contribution in [2.24, 2.45) is 0 Å². The van der Waals surface area contributed by atoms with E-state index in [2.05, 4.69) is 17.9 Å². The van der Waals surface area contributed by atoms with Crippen molar-refractivity contribution in [3.8, 4) is 23.7 Å². The Labute approximate surface area is 118 Å². The first-order valence-corrected chi connectivity index (χ1v) is 6.14. The number of hydrogen-bond donors (Lipinski definition) is 1. The molecule has 0 heterocycles. The first-order valence-electron chi connectivity index (χ1n) is 6.14. The molecule has 3 heteroatoms. The van der Waals surface area contributed by atoms with Crippen LogP contribution in [0.1, 0.15) is 16.7 Å². The zero-order valence-corrected chi connectivity index (χ0v) is 10.8. The normalized spacial score (nSPS) is 9.20. The van der Waals surface area contributed by atoms with Crippen molar-refractivity contribution in [3.63, 3.8) is 0 Å². The second-order valence-corrected chi connectivity index (χ2v) is 4.04. The highest BCUT2D eigenvalue weighted by Crippen LogP contribution is 2.15. The van der Waals surface area contributed by atoms with Crippen LogP contribution in [0, 0.1) is 23.2 Å². The van der Waals surface area contributed by atoms with Gasteiger partial charge in [-0.25, -0.2) is 0 Å². The third kappa shape index (κ3) is 3.62. The largest absolute Gasteiger partial charge is 0.489 e. The maximum Gasteiger partial charge on any atom is 0.119 e. The Morgan fingerprint density at radius 2 is 1.80 bits per heavy atom. The Bertz CT molecular complexity index is 673. The molecular weight excluding hydrogens is 250 g/mol. The number of benzene rings is 2. The van der Waals surface area contributed by atoms with Gasteiger partial charge in [0.25, 0.3) is 0 Å². The highest BCUT2D eigenvalue weighted by molar-refractivity contribution is 5.41. The van der Waals surface area contributed by atoms with Gasteiger partial charge in [-0.1, -0.05) is 30.0 Å². The van der Waals surface area contributed by atoms with Gasteiger partial charge in [0.1, 0.15) is 19.0 Å². The summed E-state index contributed by atoms with van der Waals surface area (Å²) in [5.41, 5.74) is 2.40. The number of hydrogen-bond acceptors (Lipinski definition) is 3. The van der Waals surface area contributed by atoms with Crippen LogP contribution in [-0.4, -0.2) is 11.7 Å². The molecule has 0 radical (unpaired) electrons. The molecule has 0 unspecified atom stereocenters. The van der Waals surface area contributed by atoms with Crippen LogP contribution in [0.3, 0.4) is 0 Å². The fourth-order valence-electron chi connectivity index (χ4n) is 1.69. The average molecular weight is 263 g/mol. The minimum Gasteiger partial charge on any atom is -0.489 e. The third-order valence-corrected chi connectivity index (χ3v) is 2.70. The van der Waals surface area contributed by atoms with Crippen LogP contribution >= 0.6 is 0 Å². The smallest absolute Gasteiger partial charge is 0.119 e. The van der Waals surface area contributed by atoms with E-state index in [4.69, 9.17) is 15.1 Å². The average Bonchev–Trinajstić information content (AvgIpc) is 2.52. The molecular formula is C17H13NO2. The molecule has 3 nitrogen and oxygen atoms in total. The van der Waals surface area contributed by atoms with Crippen LogP contribution < -0.4 is 4.74 Å². The molecule has 0 aromatic heterocycles. The topological polar surface area (TPSA) is 53.2 Å². The van der Waals surface area contributed by atoms with E-state index >= 15 is 0 Å². The number of nitrogens with zero attached hydrogens (tertiary/aromatic N) is 1. The second kappa shape index (κ2) is 6.99. The van der Waals surface area contributed by atoms with E-state index in [-0.39, 0.29) is 6.61 Å². The summed E-state index contributed by atoms with van der Waals surface area (Å²) in [5.74, 6) is 6.23. The van der Waals surface area contributed by atoms with Gasteiger partial charge >= 0.3 is 0 Å². The summed E-state index contributed by atoms with van der Waals surface area (Å²) < 4.78 is 5.67. The SMILES string of the molecule is N#Cc1ccc(OCc2ccccc2C#CCO)cc1. The minimum absolute atomic E-state index is 0.162. The molecule has 0 amide bonds. The molecule has 1 N–H and O–H groups in total. The molecule has 2 aromatic carbocycles. The van der Waals surface area contributed by atoms with Crippen molar-refractivity contribution in [1.29, 1.82) is 5.26 Å². The van der Waals surface area contributed by atoms with Gasteiger partial charge in [-0.05, 0) is 30.3 Å². The lowest BCUT2D eigenvalue weighted by molar-refractivity contribution is 0.306. The second-order valence-electron chi connectivity index (χ2n) is 4.04. The standard InChI is InChI=1S/C17H13NO2/c18-12-14-7-9-17(10-8-14)20-13-16-5-2-1-4-15(16)6-3-11-19/h1-2,4-5,7-10,19H,11,13H2. The van der Waals surface area contributed by atoms with Gasteiger partial charge in [-0.15, -0.1) is 0 Å². The monoisotopic (exact) mass is 263 g/mol. The van der Waals surface area contributed by atoms with E-state index in [1.807, 2.05) is 24.3 Å². The Hall–Kier alpha value is -2.75. The Morgan fingerprint density at radius 3 is 2.50 bits per heavy atom. The van der Waals surface area contributed by atoms with Crippen LogP contribution in [-0.2, 0) is 6.61 Å². The van der Waals surface area contributed by atoms with Crippen LogP contribution in [0.4, 0.5) is 0 Å². The molecule has 0 fully saturated rings. The van der Waals surface area contributed by atoms with E-state index in [1.54, 1.807) is 24.3 Å². The number of ether oxygens (including phenoxy) is 1. The lowest BCUT2D eigenvalue weighted by Crippen LogP contribution is -1.98. The lowest BCUT2D eigenvalue weighted by atomic mass is 10.1. The van der Waals surface area contributed by atoms with E-state index in [1.165, 1.54) is 0 Å². The van der Waals surface area contributed by atoms with Gasteiger partial charge in [0.15, 0.2) is 0 Å². The van der Waals surface area contributed by atoms with E-state index < -0.39 is 0 Å². The maximum atomic E-state index is 8.74. The van der Waals surface area contributed by atoms with Gasteiger partial charge in [0.2, 0.25) is 0 Å². The number of rotatable bonds is 3. The molecule has 2 aromatic rings. The van der Waals surface area contributed by atoms with Gasteiger partial charge in [-0.2, -0.15) is 5.26 Å². The van der Waals surface area contributed by atoms with Crippen molar-refractivity contribution in [2.45, 2.75) is 6.61 Å². The number of nitriles is 1. The zero-order valence-electron chi connectivity index (χ0n) is 10.8. The zero-order chi connectivity index (χ0) is 14.2. The predicted octanol–water partition coefficient (Wildman–Crippen LogP) is 2.48. The fraction of sp³-hybridized carbons (Fsp3) is 0.118. The lowest BCUT2D eigenvalue weighted by Gasteiger charge is -2.08. The molecule has 2 rings (SSSR count). The first-order chi connectivity index (χ1) is 9.83. The summed E-state index contributed by atoms with van der Waals surface area (Å²) in [6, 6.07) is 16.7. The van der Waals surface area contributed by atoms with Gasteiger partial charge in [0.05, 0.1) is 11.6 Å². The Morgan fingerprint density at radius 1 is 1.05 bits per heavy atom. The molecule has 0 atom stereocenters. The van der Waals surface area contributed by atoms with Crippen LogP contribution in [0.5, 0.6) is 5.75 Å². The summed E-state index contributed by atoms with van der Waals surface area (Å²) in [7, 11) is 0. The molecule has 0 spiro atoms. The van der Waals surface area contributed by atoms with Crippen LogP contribution in [0.2, 0.25) is 0 Å². The van der Waals surface area contributed by atoms with Crippen LogP contribution in [0.15, 0.2) is 48.5 Å². The van der Waals surface area contributed by atoms with E-state index in [0.717, 1.165) is 11.1 Å². The molecule has 98 valence electrons. The summed E-state index contributed by atoms with van der Waals surface area (Å²) in [6.45, 7) is 0.229. The summed E-state index contributed by atoms with van der Waals surface area (Å²) >= 11 is 0. The first kappa shape index (κ1) is 13.7. The number of aliphatic hydroxyl groups is 1. The highest BCUT2D eigenvalue weighted by atomic mass is 16.5. The van der Waals surface area contributed by atoms with Gasteiger partial charge < -0.3 is 9.84 Å². The van der Waals surface area contributed by atoms with Crippen LogP contribution in [0.25, 0.3) is 0 Å². The van der Waals surface area contributed by atoms with Crippen molar-refractivity contribution < 1.29 is 9.84 Å². The summed E-state index contributed by atoms with van der Waals surface area (Å²) in [5, 5.41) is 17.5. The van der Waals surface area contributed by atoms with E-state index in [0.29, 0.717) is 17.9 Å². The van der Waals surface area contributed by atoms with Gasteiger partial charge in [0, 0.05) is 11.1 Å². The molecule has 0 bridgehead atoms. The fourth-order valence-corrected chi connectivity index (χ4v) is 1.69. The molecule has 0 aliphatic carbocycles. The van der Waals surface area contributed by atoms with Gasteiger partial charge in [-0.3, -0.25) is 0 Å². The predicted molar refractivity (Wildman–Crippen MR) is 75.9 cm³/mol. The van der Waals surface area contributed by atoms with E-state index in [9.17, 15) is 0 Å². The highest BCUT2D eigenvalue weighted by Gasteiger charge is 2.01. The molecule has 0 saturated carbocycles.